The van der Waals surface area contributed by atoms with Crippen LogP contribution in [0.15, 0.2) is 30.3 Å². The van der Waals surface area contributed by atoms with E-state index in [2.05, 4.69) is 10.6 Å². The summed E-state index contributed by atoms with van der Waals surface area (Å²) in [4.78, 5) is 23.5. The molecule has 5 heteroatoms. The smallest absolute Gasteiger partial charge is 0.328 e. The van der Waals surface area contributed by atoms with Crippen LogP contribution in [-0.4, -0.2) is 31.6 Å². The second-order valence-corrected chi connectivity index (χ2v) is 5.36. The molecule has 1 rings (SSSR count). The molecule has 5 nitrogen and oxygen atoms in total. The monoisotopic (exact) mass is 292 g/mol. The van der Waals surface area contributed by atoms with Crippen LogP contribution in [0.4, 0.5) is 0 Å². The second-order valence-electron chi connectivity index (χ2n) is 5.36. The zero-order chi connectivity index (χ0) is 15.7. The molecule has 1 unspecified atom stereocenters. The fourth-order valence-electron chi connectivity index (χ4n) is 1.99. The highest BCUT2D eigenvalue weighted by Crippen LogP contribution is 2.06. The van der Waals surface area contributed by atoms with E-state index in [4.69, 9.17) is 4.74 Å². The Balaban J connectivity index is 2.37. The SMILES string of the molecule is COC(=O)C(CC(C)C)NC(=O)CNCc1ccccc1. The summed E-state index contributed by atoms with van der Waals surface area (Å²) < 4.78 is 4.71. The molecule has 1 aromatic carbocycles. The van der Waals surface area contributed by atoms with Crippen molar-refractivity contribution < 1.29 is 14.3 Å². The van der Waals surface area contributed by atoms with E-state index in [0.29, 0.717) is 18.9 Å². The van der Waals surface area contributed by atoms with Crippen LogP contribution in [0.3, 0.4) is 0 Å². The van der Waals surface area contributed by atoms with Gasteiger partial charge in [0.2, 0.25) is 5.91 Å². The maximum absolute atomic E-state index is 11.9. The van der Waals surface area contributed by atoms with Crippen molar-refractivity contribution in [3.05, 3.63) is 35.9 Å². The Kier molecular flexibility index (Phi) is 7.46. The summed E-state index contributed by atoms with van der Waals surface area (Å²) in [5.41, 5.74) is 1.11. The molecule has 21 heavy (non-hydrogen) atoms. The van der Waals surface area contributed by atoms with Gasteiger partial charge in [0.15, 0.2) is 0 Å². The Hall–Kier alpha value is -1.88. The molecule has 0 radical (unpaired) electrons. The minimum atomic E-state index is -0.582. The zero-order valence-electron chi connectivity index (χ0n) is 12.9. The maximum atomic E-state index is 11.9. The molecule has 1 amide bonds. The van der Waals surface area contributed by atoms with Crippen molar-refractivity contribution in [1.29, 1.82) is 0 Å². The summed E-state index contributed by atoms with van der Waals surface area (Å²) in [5, 5.41) is 5.76. The van der Waals surface area contributed by atoms with E-state index >= 15 is 0 Å². The average molecular weight is 292 g/mol. The lowest BCUT2D eigenvalue weighted by Crippen LogP contribution is -2.45. The molecule has 0 aliphatic rings. The summed E-state index contributed by atoms with van der Waals surface area (Å²) >= 11 is 0. The van der Waals surface area contributed by atoms with Crippen molar-refractivity contribution in [2.24, 2.45) is 5.92 Å². The maximum Gasteiger partial charge on any atom is 0.328 e. The molecule has 2 N–H and O–H groups in total. The number of methoxy groups -OCH3 is 1. The van der Waals surface area contributed by atoms with Crippen LogP contribution < -0.4 is 10.6 Å². The summed E-state index contributed by atoms with van der Waals surface area (Å²) in [6.45, 7) is 4.77. The molecule has 0 saturated heterocycles. The van der Waals surface area contributed by atoms with Gasteiger partial charge < -0.3 is 15.4 Å². The van der Waals surface area contributed by atoms with Crippen LogP contribution in [0.5, 0.6) is 0 Å². The Bertz CT molecular complexity index is 446. The molecule has 0 aliphatic heterocycles. The highest BCUT2D eigenvalue weighted by molar-refractivity contribution is 5.85. The molecule has 0 heterocycles. The number of esters is 1. The van der Waals surface area contributed by atoms with Gasteiger partial charge >= 0.3 is 5.97 Å². The molecule has 0 aliphatic carbocycles. The number of nitrogens with one attached hydrogen (secondary N) is 2. The van der Waals surface area contributed by atoms with E-state index in [-0.39, 0.29) is 12.5 Å². The molecule has 0 fully saturated rings. The first-order valence-electron chi connectivity index (χ1n) is 7.14. The number of ether oxygens (including phenoxy) is 1. The highest BCUT2D eigenvalue weighted by Gasteiger charge is 2.22. The topological polar surface area (TPSA) is 67.4 Å². The third-order valence-corrected chi connectivity index (χ3v) is 2.99. The Labute approximate surface area is 126 Å². The molecule has 1 aromatic rings. The number of hydrogen-bond donors (Lipinski definition) is 2. The van der Waals surface area contributed by atoms with Gasteiger partial charge in [-0.2, -0.15) is 0 Å². The summed E-state index contributed by atoms with van der Waals surface area (Å²) in [5.74, 6) is -0.311. The van der Waals surface area contributed by atoms with Gasteiger partial charge in [-0.3, -0.25) is 4.79 Å². The van der Waals surface area contributed by atoms with Crippen LogP contribution in [0.1, 0.15) is 25.8 Å². The molecular weight excluding hydrogens is 268 g/mol. The Morgan fingerprint density at radius 1 is 1.19 bits per heavy atom. The minimum Gasteiger partial charge on any atom is -0.467 e. The van der Waals surface area contributed by atoms with Gasteiger partial charge in [-0.15, -0.1) is 0 Å². The second kappa shape index (κ2) is 9.13. The number of amides is 1. The molecule has 0 bridgehead atoms. The lowest BCUT2D eigenvalue weighted by molar-refractivity contribution is -0.145. The minimum absolute atomic E-state index is 0.167. The standard InChI is InChI=1S/C16H24N2O3/c1-12(2)9-14(16(20)21-3)18-15(19)11-17-10-13-7-5-4-6-8-13/h4-8,12,14,17H,9-11H2,1-3H3,(H,18,19). The van der Waals surface area contributed by atoms with Crippen molar-refractivity contribution in [1.82, 2.24) is 10.6 Å². The number of rotatable bonds is 8. The number of carbonyl (C=O) groups is 2. The number of hydrogen-bond acceptors (Lipinski definition) is 4. The van der Waals surface area contributed by atoms with E-state index in [1.54, 1.807) is 0 Å². The van der Waals surface area contributed by atoms with E-state index in [1.807, 2.05) is 44.2 Å². The van der Waals surface area contributed by atoms with Gasteiger partial charge in [-0.1, -0.05) is 44.2 Å². The fourth-order valence-corrected chi connectivity index (χ4v) is 1.99. The van der Waals surface area contributed by atoms with E-state index < -0.39 is 12.0 Å². The molecule has 116 valence electrons. The highest BCUT2D eigenvalue weighted by atomic mass is 16.5. The molecule has 1 atom stereocenters. The van der Waals surface area contributed by atoms with Crippen molar-refractivity contribution >= 4 is 11.9 Å². The lowest BCUT2D eigenvalue weighted by atomic mass is 10.0. The number of benzene rings is 1. The van der Waals surface area contributed by atoms with Crippen molar-refractivity contribution in [3.8, 4) is 0 Å². The normalized spacial score (nSPS) is 12.0. The third kappa shape index (κ3) is 6.90. The van der Waals surface area contributed by atoms with Crippen LogP contribution in [-0.2, 0) is 20.9 Å². The Morgan fingerprint density at radius 3 is 2.43 bits per heavy atom. The van der Waals surface area contributed by atoms with Crippen LogP contribution in [0.25, 0.3) is 0 Å². The van der Waals surface area contributed by atoms with Gasteiger partial charge in [0.25, 0.3) is 0 Å². The van der Waals surface area contributed by atoms with Gasteiger partial charge in [0, 0.05) is 6.54 Å². The third-order valence-electron chi connectivity index (χ3n) is 2.99. The lowest BCUT2D eigenvalue weighted by Gasteiger charge is -2.18. The van der Waals surface area contributed by atoms with E-state index in [1.165, 1.54) is 7.11 Å². The van der Waals surface area contributed by atoms with Gasteiger partial charge in [0.1, 0.15) is 6.04 Å². The molecule has 0 saturated carbocycles. The predicted octanol–water partition coefficient (Wildman–Crippen LogP) is 1.48. The van der Waals surface area contributed by atoms with Crippen molar-refractivity contribution in [2.45, 2.75) is 32.9 Å². The molecule has 0 aromatic heterocycles. The van der Waals surface area contributed by atoms with Crippen LogP contribution in [0.2, 0.25) is 0 Å². The van der Waals surface area contributed by atoms with Gasteiger partial charge in [0.05, 0.1) is 13.7 Å². The fraction of sp³-hybridized carbons (Fsp3) is 0.500. The summed E-state index contributed by atoms with van der Waals surface area (Å²) in [6, 6.07) is 9.24. The average Bonchev–Trinajstić information content (AvgIpc) is 2.46. The number of carbonyl (C=O) groups excluding carboxylic acids is 2. The summed E-state index contributed by atoms with van der Waals surface area (Å²) in [6.07, 6.45) is 0.567. The van der Waals surface area contributed by atoms with Gasteiger partial charge in [-0.25, -0.2) is 4.79 Å². The van der Waals surface area contributed by atoms with Crippen LogP contribution in [0, 0.1) is 5.92 Å². The van der Waals surface area contributed by atoms with Crippen molar-refractivity contribution in [3.63, 3.8) is 0 Å². The molecular formula is C16H24N2O3. The first-order chi connectivity index (χ1) is 10.0. The van der Waals surface area contributed by atoms with E-state index in [0.717, 1.165) is 5.56 Å². The van der Waals surface area contributed by atoms with Gasteiger partial charge in [-0.05, 0) is 17.9 Å². The predicted molar refractivity (Wildman–Crippen MR) is 81.6 cm³/mol. The zero-order valence-corrected chi connectivity index (χ0v) is 12.9. The quantitative estimate of drug-likeness (QED) is 0.712. The van der Waals surface area contributed by atoms with E-state index in [9.17, 15) is 9.59 Å². The molecule has 0 spiro atoms. The van der Waals surface area contributed by atoms with Crippen LogP contribution >= 0.6 is 0 Å². The Morgan fingerprint density at radius 2 is 1.86 bits per heavy atom. The largest absolute Gasteiger partial charge is 0.467 e. The summed E-state index contributed by atoms with van der Waals surface area (Å²) in [7, 11) is 1.33. The first kappa shape index (κ1) is 17.2. The van der Waals surface area contributed by atoms with Crippen molar-refractivity contribution in [2.75, 3.05) is 13.7 Å². The first-order valence-corrected chi connectivity index (χ1v) is 7.14.